The van der Waals surface area contributed by atoms with Crippen molar-refractivity contribution in [2.45, 2.75) is 11.2 Å². The monoisotopic (exact) mass is 472 g/mol. The summed E-state index contributed by atoms with van der Waals surface area (Å²) in [6.07, 6.45) is 1.84. The Morgan fingerprint density at radius 2 is 1.31 bits per heavy atom. The molecule has 0 saturated heterocycles. The molecule has 6 heteroatoms. The van der Waals surface area contributed by atoms with Gasteiger partial charge in [0.1, 0.15) is 11.2 Å². The van der Waals surface area contributed by atoms with E-state index in [9.17, 15) is 4.79 Å². The average molecular weight is 473 g/mol. The summed E-state index contributed by atoms with van der Waals surface area (Å²) in [7, 11) is 1.40. The van der Waals surface area contributed by atoms with Gasteiger partial charge in [-0.1, -0.05) is 97.1 Å². The summed E-state index contributed by atoms with van der Waals surface area (Å²) in [6.45, 7) is 0. The number of carbonyl (C=O) groups excluding carboxylic acids is 1. The van der Waals surface area contributed by atoms with E-state index >= 15 is 0 Å². The van der Waals surface area contributed by atoms with E-state index in [4.69, 9.17) is 15.3 Å². The largest absolute Gasteiger partial charge is 0.466 e. The molecule has 4 aromatic rings. The van der Waals surface area contributed by atoms with Crippen molar-refractivity contribution in [2.75, 3.05) is 12.0 Å². The molecule has 2 aliphatic heterocycles. The lowest BCUT2D eigenvalue weighted by Gasteiger charge is -2.47. The number of esters is 1. The van der Waals surface area contributed by atoms with Crippen LogP contribution >= 0.6 is 0 Å². The van der Waals surface area contributed by atoms with Gasteiger partial charge in [-0.05, 0) is 23.3 Å². The number of hydrogen-bond donors (Lipinski definition) is 0. The van der Waals surface area contributed by atoms with Gasteiger partial charge < -0.3 is 9.64 Å². The molecule has 2 aliphatic rings. The Hall–Kier alpha value is -4.71. The summed E-state index contributed by atoms with van der Waals surface area (Å²) in [5, 5.41) is 5.25. The molecule has 0 fully saturated rings. The first-order chi connectivity index (χ1) is 17.7. The molecule has 0 aliphatic carbocycles. The van der Waals surface area contributed by atoms with Crippen molar-refractivity contribution in [3.05, 3.63) is 150 Å². The molecule has 0 bridgehead atoms. The highest BCUT2D eigenvalue weighted by atomic mass is 16.5. The molecule has 0 radical (unpaired) electrons. The minimum Gasteiger partial charge on any atom is -0.466 e. The molecule has 0 saturated carbocycles. The number of para-hydroxylation sites is 2. The molecule has 4 aromatic carbocycles. The van der Waals surface area contributed by atoms with Gasteiger partial charge in [-0.15, -0.1) is 4.81 Å². The van der Waals surface area contributed by atoms with Gasteiger partial charge in [-0.3, -0.25) is 0 Å². The smallest absolute Gasteiger partial charge is 0.336 e. The summed E-state index contributed by atoms with van der Waals surface area (Å²) < 4.78 is 5.34. The van der Waals surface area contributed by atoms with Crippen LogP contribution in [0.15, 0.2) is 138 Å². The Labute approximate surface area is 209 Å². The number of fused-ring (bicyclic) bond motifs is 1. The van der Waals surface area contributed by atoms with E-state index in [1.54, 1.807) is 4.81 Å². The topological polar surface area (TPSA) is 59.0 Å². The highest BCUT2D eigenvalue weighted by molar-refractivity contribution is 5.95. The number of ether oxygens (including phenoxy) is 1. The summed E-state index contributed by atoms with van der Waals surface area (Å²) in [5.74, 6) is -0.452. The fraction of sp³-hybridized carbons (Fsp3) is 0.100. The second-order valence-corrected chi connectivity index (χ2v) is 8.68. The molecule has 0 N–H and O–H groups in total. The van der Waals surface area contributed by atoms with Crippen LogP contribution in [0.2, 0.25) is 0 Å². The third-order valence-corrected chi connectivity index (χ3v) is 6.78. The Bertz CT molecular complexity index is 1460. The maximum Gasteiger partial charge on any atom is 0.336 e. The molecule has 2 atom stereocenters. The molecule has 6 nitrogen and oxygen atoms in total. The van der Waals surface area contributed by atoms with Crippen molar-refractivity contribution in [3.63, 3.8) is 0 Å². The average Bonchev–Trinajstić information content (AvgIpc) is 3.46. The molecular formula is C30H24N4O2. The zero-order valence-electron chi connectivity index (χ0n) is 19.7. The number of nitrogens with zero attached hydrogens (tertiary/aromatic N) is 4. The van der Waals surface area contributed by atoms with Gasteiger partial charge in [0.25, 0.3) is 0 Å². The first-order valence-electron chi connectivity index (χ1n) is 11.8. The van der Waals surface area contributed by atoms with Crippen LogP contribution in [0.25, 0.3) is 5.43 Å². The number of hydrogen-bond acceptors (Lipinski definition) is 4. The van der Waals surface area contributed by atoms with E-state index in [1.165, 1.54) is 7.11 Å². The van der Waals surface area contributed by atoms with Crippen LogP contribution in [-0.2, 0) is 20.7 Å². The van der Waals surface area contributed by atoms with E-state index in [2.05, 4.69) is 0 Å². The molecular weight excluding hydrogens is 448 g/mol. The minimum atomic E-state index is -1.21. The Balaban J connectivity index is 1.74. The number of methoxy groups -OCH3 is 1. The van der Waals surface area contributed by atoms with Crippen molar-refractivity contribution >= 4 is 17.3 Å². The van der Waals surface area contributed by atoms with Crippen molar-refractivity contribution in [2.24, 2.45) is 5.11 Å². The van der Waals surface area contributed by atoms with Crippen LogP contribution in [0, 0.1) is 0 Å². The minimum absolute atomic E-state index is 0.408. The number of azo groups is 1. The predicted molar refractivity (Wildman–Crippen MR) is 137 cm³/mol. The van der Waals surface area contributed by atoms with Crippen molar-refractivity contribution in [1.29, 1.82) is 0 Å². The van der Waals surface area contributed by atoms with E-state index in [1.807, 2.05) is 132 Å². The van der Waals surface area contributed by atoms with Crippen LogP contribution < -0.4 is 4.90 Å². The standard InChI is InChI=1S/C30H24N4O2/c1-36-28(35)27-22-33(25-18-10-4-11-19-25)30(24-16-8-3-9-17-24)29(27,23-14-6-2-7-15-23)31-34(32-30)26-20-12-5-13-21-26/h2-22H,1H3/t29-,30+/m0/s1. The second-order valence-electron chi connectivity index (χ2n) is 8.68. The molecule has 0 unspecified atom stereocenters. The lowest BCUT2D eigenvalue weighted by molar-refractivity contribution is -0.457. The molecule has 0 spiro atoms. The maximum absolute atomic E-state index is 13.5. The number of carbonyl (C=O) groups is 1. The van der Waals surface area contributed by atoms with E-state index < -0.39 is 17.2 Å². The van der Waals surface area contributed by atoms with Gasteiger partial charge in [0.2, 0.25) is 5.69 Å². The van der Waals surface area contributed by atoms with Gasteiger partial charge >= 0.3 is 5.97 Å². The van der Waals surface area contributed by atoms with Gasteiger partial charge in [-0.25, -0.2) is 4.79 Å². The first-order valence-corrected chi connectivity index (χ1v) is 11.8. The van der Waals surface area contributed by atoms with Gasteiger partial charge in [-0.2, -0.15) is 10.5 Å². The van der Waals surface area contributed by atoms with Gasteiger partial charge in [0.05, 0.1) is 12.7 Å². The summed E-state index contributed by atoms with van der Waals surface area (Å²) in [5.41, 5.74) is 6.82. The fourth-order valence-electron chi connectivity index (χ4n) is 5.23. The molecule has 6 rings (SSSR count). The maximum atomic E-state index is 13.5. The zero-order chi connectivity index (χ0) is 24.6. The van der Waals surface area contributed by atoms with Crippen LogP contribution in [0.1, 0.15) is 11.1 Å². The molecule has 36 heavy (non-hydrogen) atoms. The van der Waals surface area contributed by atoms with Crippen molar-refractivity contribution in [1.82, 2.24) is 0 Å². The lowest BCUT2D eigenvalue weighted by Crippen LogP contribution is -2.52. The van der Waals surface area contributed by atoms with Crippen LogP contribution in [0.5, 0.6) is 0 Å². The molecule has 176 valence electrons. The van der Waals surface area contributed by atoms with E-state index in [0.717, 1.165) is 22.5 Å². The Kier molecular flexibility index (Phi) is 5.15. The predicted octanol–water partition coefficient (Wildman–Crippen LogP) is 6.41. The summed E-state index contributed by atoms with van der Waals surface area (Å²) in [6, 6.07) is 39.6. The highest BCUT2D eigenvalue weighted by Gasteiger charge is 2.67. The Morgan fingerprint density at radius 3 is 1.89 bits per heavy atom. The van der Waals surface area contributed by atoms with Gasteiger partial charge in [0, 0.05) is 24.0 Å². The van der Waals surface area contributed by atoms with Crippen molar-refractivity contribution < 1.29 is 14.3 Å². The summed E-state index contributed by atoms with van der Waals surface area (Å²) >= 11 is 0. The SMILES string of the molecule is COC(=O)C1=CN(c2ccccc2)[C@@]2(c3ccccc3)[N-][N+](c3ccccc3)=N[C@@]12c1ccccc1. The quantitative estimate of drug-likeness (QED) is 0.249. The lowest BCUT2D eigenvalue weighted by atomic mass is 9.72. The molecule has 0 amide bonds. The third kappa shape index (κ3) is 3.01. The van der Waals surface area contributed by atoms with E-state index in [-0.39, 0.29) is 0 Å². The molecule has 2 heterocycles. The van der Waals surface area contributed by atoms with Crippen LogP contribution in [0.4, 0.5) is 11.4 Å². The van der Waals surface area contributed by atoms with Crippen molar-refractivity contribution in [3.8, 4) is 0 Å². The first kappa shape index (κ1) is 21.8. The second kappa shape index (κ2) is 8.50. The van der Waals surface area contributed by atoms with Crippen LogP contribution in [-0.4, -0.2) is 17.9 Å². The number of anilines is 1. The Morgan fingerprint density at radius 1 is 0.778 bits per heavy atom. The third-order valence-electron chi connectivity index (χ3n) is 6.78. The van der Waals surface area contributed by atoms with E-state index in [0.29, 0.717) is 5.57 Å². The number of rotatable bonds is 5. The zero-order valence-corrected chi connectivity index (χ0v) is 19.7. The van der Waals surface area contributed by atoms with Crippen LogP contribution in [0.3, 0.4) is 0 Å². The molecule has 0 aromatic heterocycles. The number of benzene rings is 4. The fourth-order valence-corrected chi connectivity index (χ4v) is 5.23. The normalized spacial score (nSPS) is 22.3. The summed E-state index contributed by atoms with van der Waals surface area (Å²) in [4.78, 5) is 17.2. The van der Waals surface area contributed by atoms with Gasteiger partial charge in [0.15, 0.2) is 0 Å². The highest BCUT2D eigenvalue weighted by Crippen LogP contribution is 2.64.